The zero-order chi connectivity index (χ0) is 17.6. The summed E-state index contributed by atoms with van der Waals surface area (Å²) in [5.74, 6) is 1.48. The van der Waals surface area contributed by atoms with E-state index in [2.05, 4.69) is 10.3 Å². The smallest absolute Gasteiger partial charge is 0.259 e. The molecule has 0 radical (unpaired) electrons. The van der Waals surface area contributed by atoms with Crippen molar-refractivity contribution in [2.24, 2.45) is 0 Å². The molecule has 0 fully saturated rings. The minimum absolute atomic E-state index is 0.258. The molecule has 0 saturated heterocycles. The first kappa shape index (κ1) is 16.5. The molecule has 1 heterocycles. The van der Waals surface area contributed by atoms with Crippen molar-refractivity contribution in [1.82, 2.24) is 4.98 Å². The number of aromatic nitrogens is 1. The van der Waals surface area contributed by atoms with Crippen LogP contribution in [0.2, 0.25) is 0 Å². The lowest BCUT2D eigenvalue weighted by Crippen LogP contribution is -2.13. The van der Waals surface area contributed by atoms with Crippen LogP contribution in [0.4, 0.5) is 5.69 Å². The van der Waals surface area contributed by atoms with Crippen LogP contribution in [0, 0.1) is 6.92 Å². The Morgan fingerprint density at radius 3 is 2.36 bits per heavy atom. The SMILES string of the molecule is COc1ccccc1C(=O)Nc1ccc(Oc2ccccc2C)nc1. The van der Waals surface area contributed by atoms with Crippen molar-refractivity contribution in [3.63, 3.8) is 0 Å². The number of carbonyl (C=O) groups is 1. The number of rotatable bonds is 5. The first-order valence-electron chi connectivity index (χ1n) is 7.81. The average molecular weight is 334 g/mol. The van der Waals surface area contributed by atoms with Crippen LogP contribution in [-0.2, 0) is 0 Å². The average Bonchev–Trinajstić information content (AvgIpc) is 2.65. The summed E-state index contributed by atoms with van der Waals surface area (Å²) in [6.07, 6.45) is 1.56. The van der Waals surface area contributed by atoms with E-state index in [9.17, 15) is 4.79 Å². The van der Waals surface area contributed by atoms with E-state index in [0.717, 1.165) is 11.3 Å². The van der Waals surface area contributed by atoms with Gasteiger partial charge in [-0.25, -0.2) is 4.98 Å². The Morgan fingerprint density at radius 2 is 1.68 bits per heavy atom. The molecule has 3 rings (SSSR count). The van der Waals surface area contributed by atoms with E-state index < -0.39 is 0 Å². The molecule has 0 unspecified atom stereocenters. The molecule has 0 spiro atoms. The van der Waals surface area contributed by atoms with E-state index in [1.165, 1.54) is 7.11 Å². The Bertz CT molecular complexity index is 876. The van der Waals surface area contributed by atoms with Gasteiger partial charge in [0.25, 0.3) is 5.91 Å². The van der Waals surface area contributed by atoms with Crippen molar-refractivity contribution in [3.8, 4) is 17.4 Å². The van der Waals surface area contributed by atoms with Gasteiger partial charge in [0.05, 0.1) is 24.6 Å². The van der Waals surface area contributed by atoms with Crippen LogP contribution in [0.15, 0.2) is 66.9 Å². The van der Waals surface area contributed by atoms with Crippen LogP contribution in [0.1, 0.15) is 15.9 Å². The van der Waals surface area contributed by atoms with E-state index in [1.807, 2.05) is 37.3 Å². The highest BCUT2D eigenvalue weighted by molar-refractivity contribution is 6.06. The summed E-state index contributed by atoms with van der Waals surface area (Å²) in [6.45, 7) is 1.97. The Hall–Kier alpha value is -3.34. The molecule has 0 saturated carbocycles. The second kappa shape index (κ2) is 7.49. The molecule has 5 heteroatoms. The quantitative estimate of drug-likeness (QED) is 0.749. The second-order valence-corrected chi connectivity index (χ2v) is 5.41. The number of anilines is 1. The maximum atomic E-state index is 12.4. The number of carbonyl (C=O) groups excluding carboxylic acids is 1. The van der Waals surface area contributed by atoms with E-state index in [1.54, 1.807) is 36.5 Å². The number of ether oxygens (including phenoxy) is 2. The largest absolute Gasteiger partial charge is 0.496 e. The molecule has 0 aliphatic heterocycles. The third-order valence-corrected chi connectivity index (χ3v) is 3.65. The van der Waals surface area contributed by atoms with Crippen molar-refractivity contribution in [2.75, 3.05) is 12.4 Å². The molecule has 1 amide bonds. The van der Waals surface area contributed by atoms with E-state index >= 15 is 0 Å². The van der Waals surface area contributed by atoms with Crippen molar-refractivity contribution >= 4 is 11.6 Å². The normalized spacial score (nSPS) is 10.2. The number of para-hydroxylation sites is 2. The van der Waals surface area contributed by atoms with Crippen molar-refractivity contribution < 1.29 is 14.3 Å². The van der Waals surface area contributed by atoms with Gasteiger partial charge in [-0.1, -0.05) is 30.3 Å². The van der Waals surface area contributed by atoms with Crippen molar-refractivity contribution in [3.05, 3.63) is 78.0 Å². The maximum Gasteiger partial charge on any atom is 0.259 e. The van der Waals surface area contributed by atoms with E-state index in [4.69, 9.17) is 9.47 Å². The van der Waals surface area contributed by atoms with Gasteiger partial charge in [0.15, 0.2) is 0 Å². The molecule has 0 bridgehead atoms. The van der Waals surface area contributed by atoms with Gasteiger partial charge in [0.2, 0.25) is 5.88 Å². The van der Waals surface area contributed by atoms with Gasteiger partial charge in [-0.05, 0) is 36.8 Å². The summed E-state index contributed by atoms with van der Waals surface area (Å²) in [7, 11) is 1.53. The third kappa shape index (κ3) is 3.95. The third-order valence-electron chi connectivity index (χ3n) is 3.65. The molecule has 0 aliphatic carbocycles. The zero-order valence-electron chi connectivity index (χ0n) is 14.0. The summed E-state index contributed by atoms with van der Waals surface area (Å²) in [5.41, 5.74) is 2.07. The minimum atomic E-state index is -0.258. The molecule has 3 aromatic rings. The Kier molecular flexibility index (Phi) is 4.95. The van der Waals surface area contributed by atoms with Crippen LogP contribution in [0.25, 0.3) is 0 Å². The monoisotopic (exact) mass is 334 g/mol. The summed E-state index contributed by atoms with van der Waals surface area (Å²) >= 11 is 0. The molecule has 25 heavy (non-hydrogen) atoms. The predicted octanol–water partition coefficient (Wildman–Crippen LogP) is 4.44. The number of nitrogens with one attached hydrogen (secondary N) is 1. The summed E-state index contributed by atoms with van der Waals surface area (Å²) in [4.78, 5) is 16.6. The zero-order valence-corrected chi connectivity index (χ0v) is 14.0. The van der Waals surface area contributed by atoms with Gasteiger partial charge in [-0.3, -0.25) is 4.79 Å². The number of benzene rings is 2. The predicted molar refractivity (Wildman–Crippen MR) is 96.4 cm³/mol. The van der Waals surface area contributed by atoms with Gasteiger partial charge in [0, 0.05) is 6.07 Å². The standard InChI is InChI=1S/C20H18N2O3/c1-14-7-3-5-9-17(14)25-19-12-11-15(13-21-19)22-20(23)16-8-4-6-10-18(16)24-2/h3-13H,1-2H3,(H,22,23). The summed E-state index contributed by atoms with van der Waals surface area (Å²) in [5, 5.41) is 2.80. The number of nitrogens with zero attached hydrogens (tertiary/aromatic N) is 1. The van der Waals surface area contributed by atoms with Crippen molar-refractivity contribution in [1.29, 1.82) is 0 Å². The second-order valence-electron chi connectivity index (χ2n) is 5.41. The lowest BCUT2D eigenvalue weighted by atomic mass is 10.2. The molecular formula is C20H18N2O3. The van der Waals surface area contributed by atoms with Crippen LogP contribution in [0.5, 0.6) is 17.4 Å². The first-order valence-corrected chi connectivity index (χ1v) is 7.81. The van der Waals surface area contributed by atoms with Crippen LogP contribution >= 0.6 is 0 Å². The molecule has 0 aliphatic rings. The van der Waals surface area contributed by atoms with E-state index in [-0.39, 0.29) is 5.91 Å². The number of methoxy groups -OCH3 is 1. The Labute approximate surface area is 146 Å². The fraction of sp³-hybridized carbons (Fsp3) is 0.100. The van der Waals surface area contributed by atoms with Gasteiger partial charge in [0.1, 0.15) is 11.5 Å². The molecular weight excluding hydrogens is 316 g/mol. The topological polar surface area (TPSA) is 60.5 Å². The number of aryl methyl sites for hydroxylation is 1. The molecule has 1 aromatic heterocycles. The highest BCUT2D eigenvalue weighted by Gasteiger charge is 2.12. The molecule has 5 nitrogen and oxygen atoms in total. The van der Waals surface area contributed by atoms with Gasteiger partial charge in [-0.2, -0.15) is 0 Å². The minimum Gasteiger partial charge on any atom is -0.496 e. The molecule has 0 atom stereocenters. The van der Waals surface area contributed by atoms with Gasteiger partial charge >= 0.3 is 0 Å². The molecule has 1 N–H and O–H groups in total. The summed E-state index contributed by atoms with van der Waals surface area (Å²) in [6, 6.07) is 18.2. The first-order chi connectivity index (χ1) is 12.2. The Balaban J connectivity index is 1.70. The number of pyridine rings is 1. The van der Waals surface area contributed by atoms with E-state index in [0.29, 0.717) is 22.9 Å². The van der Waals surface area contributed by atoms with Gasteiger partial charge in [-0.15, -0.1) is 0 Å². The van der Waals surface area contributed by atoms with Crippen LogP contribution < -0.4 is 14.8 Å². The number of amides is 1. The maximum absolute atomic E-state index is 12.4. The highest BCUT2D eigenvalue weighted by atomic mass is 16.5. The fourth-order valence-electron chi connectivity index (χ4n) is 2.33. The fourth-order valence-corrected chi connectivity index (χ4v) is 2.33. The van der Waals surface area contributed by atoms with Crippen LogP contribution in [-0.4, -0.2) is 18.0 Å². The number of hydrogen-bond acceptors (Lipinski definition) is 4. The highest BCUT2D eigenvalue weighted by Crippen LogP contribution is 2.24. The molecule has 126 valence electrons. The molecule has 2 aromatic carbocycles. The van der Waals surface area contributed by atoms with Crippen LogP contribution in [0.3, 0.4) is 0 Å². The lowest BCUT2D eigenvalue weighted by molar-refractivity contribution is 0.102. The van der Waals surface area contributed by atoms with Gasteiger partial charge < -0.3 is 14.8 Å². The Morgan fingerprint density at radius 1 is 0.960 bits per heavy atom. The number of hydrogen-bond donors (Lipinski definition) is 1. The lowest BCUT2D eigenvalue weighted by Gasteiger charge is -2.10. The summed E-state index contributed by atoms with van der Waals surface area (Å²) < 4.78 is 11.0. The van der Waals surface area contributed by atoms with Crippen molar-refractivity contribution in [2.45, 2.75) is 6.92 Å².